The van der Waals surface area contributed by atoms with Gasteiger partial charge in [0.1, 0.15) is 36.1 Å². The van der Waals surface area contributed by atoms with Gasteiger partial charge in [0.15, 0.2) is 0 Å². The smallest absolute Gasteiger partial charge is 0.407 e. The van der Waals surface area contributed by atoms with E-state index in [0.29, 0.717) is 30.2 Å². The van der Waals surface area contributed by atoms with Crippen LogP contribution in [-0.2, 0) is 30.4 Å². The number of ether oxygens (including phenoxy) is 3. The average Bonchev–Trinajstić information content (AvgIpc) is 4.12. The van der Waals surface area contributed by atoms with Gasteiger partial charge in [0.2, 0.25) is 5.91 Å². The summed E-state index contributed by atoms with van der Waals surface area (Å²) < 4.78 is 16.3. The predicted octanol–water partition coefficient (Wildman–Crippen LogP) is 8.40. The summed E-state index contributed by atoms with van der Waals surface area (Å²) in [6, 6.07) is 13.3. The lowest BCUT2D eigenvalue weighted by atomic mass is 9.91. The molecule has 4 aromatic rings. The molecule has 0 radical (unpaired) electrons. The van der Waals surface area contributed by atoms with Gasteiger partial charge in [-0.1, -0.05) is 75.4 Å². The minimum Gasteiger partial charge on any atom is -0.489 e. The van der Waals surface area contributed by atoms with E-state index in [4.69, 9.17) is 24.2 Å². The van der Waals surface area contributed by atoms with E-state index in [9.17, 15) is 19.2 Å². The van der Waals surface area contributed by atoms with Crippen LogP contribution in [0, 0.1) is 5.92 Å². The third kappa shape index (κ3) is 8.67. The van der Waals surface area contributed by atoms with Crippen molar-refractivity contribution in [2.24, 2.45) is 5.92 Å². The van der Waals surface area contributed by atoms with Gasteiger partial charge in [-0.05, 0) is 92.3 Å². The second-order valence-corrected chi connectivity index (χ2v) is 17.6. The molecule has 3 unspecified atom stereocenters. The summed E-state index contributed by atoms with van der Waals surface area (Å²) in [7, 11) is 2.58. The first-order valence-corrected chi connectivity index (χ1v) is 22.2. The maximum Gasteiger partial charge on any atom is 0.407 e. The SMILES string of the molecule is COC(=O)N[C@H](C(=O)N1C(c2ncc(-c3ccc4c(c3)COC3=C/C(C)c5[nH]c(C6CC[C@H](C)N6C(=O)[C@H](NC(=O)OC)c6ccccc6)nc5/C=C\C/C=C\34)[nH]2)CC[C@@H]1C)C(C)C. The molecule has 2 saturated heterocycles. The molecule has 2 fully saturated rings. The third-order valence-corrected chi connectivity index (χ3v) is 13.0. The van der Waals surface area contributed by atoms with Crippen LogP contribution < -0.4 is 10.6 Å². The Morgan fingerprint density at radius 2 is 1.53 bits per heavy atom. The average molecular weight is 871 g/mol. The Balaban J connectivity index is 1.01. The van der Waals surface area contributed by atoms with E-state index < -0.39 is 24.3 Å². The molecule has 7 atom stereocenters. The number of fused-ring (bicyclic) bond motifs is 4. The molecule has 2 aromatic heterocycles. The molecule has 8 rings (SSSR count). The highest BCUT2D eigenvalue weighted by Crippen LogP contribution is 2.42. The molecule has 64 heavy (non-hydrogen) atoms. The number of benzene rings is 2. The van der Waals surface area contributed by atoms with Gasteiger partial charge in [-0.3, -0.25) is 9.59 Å². The summed E-state index contributed by atoms with van der Waals surface area (Å²) in [5.74, 6) is 1.59. The van der Waals surface area contributed by atoms with Crippen molar-refractivity contribution in [2.75, 3.05) is 14.2 Å². The molecule has 4 amide bonds. The molecule has 0 saturated carbocycles. The molecule has 5 heterocycles. The monoisotopic (exact) mass is 870 g/mol. The number of nitrogens with one attached hydrogen (secondary N) is 4. The zero-order chi connectivity index (χ0) is 45.2. The van der Waals surface area contributed by atoms with Crippen molar-refractivity contribution >= 4 is 35.6 Å². The summed E-state index contributed by atoms with van der Waals surface area (Å²) >= 11 is 0. The minimum absolute atomic E-state index is 0.0199. The maximum atomic E-state index is 14.4. The molecule has 15 nitrogen and oxygen atoms in total. The first kappa shape index (κ1) is 44.0. The van der Waals surface area contributed by atoms with Crippen molar-refractivity contribution < 1.29 is 33.4 Å². The number of nitrogens with zero attached hydrogens (tertiary/aromatic N) is 4. The van der Waals surface area contributed by atoms with E-state index in [1.807, 2.05) is 80.1 Å². The van der Waals surface area contributed by atoms with Gasteiger partial charge in [0, 0.05) is 29.3 Å². The molecule has 336 valence electrons. The summed E-state index contributed by atoms with van der Waals surface area (Å²) in [5, 5.41) is 5.49. The van der Waals surface area contributed by atoms with E-state index in [2.05, 4.69) is 64.0 Å². The summed E-state index contributed by atoms with van der Waals surface area (Å²) in [6.45, 7) is 10.4. The lowest BCUT2D eigenvalue weighted by molar-refractivity contribution is -0.137. The van der Waals surface area contributed by atoms with Gasteiger partial charge in [-0.25, -0.2) is 19.6 Å². The first-order valence-electron chi connectivity index (χ1n) is 22.2. The number of aromatic amines is 2. The van der Waals surface area contributed by atoms with Gasteiger partial charge in [0.05, 0.1) is 43.9 Å². The van der Waals surface area contributed by atoms with Crippen LogP contribution in [0.4, 0.5) is 9.59 Å². The highest BCUT2D eigenvalue weighted by Gasteiger charge is 2.43. The fourth-order valence-corrected chi connectivity index (χ4v) is 9.60. The van der Waals surface area contributed by atoms with E-state index in [0.717, 1.165) is 70.8 Å². The Kier molecular flexibility index (Phi) is 12.8. The summed E-state index contributed by atoms with van der Waals surface area (Å²) in [6.07, 6.45) is 12.7. The molecule has 4 N–H and O–H groups in total. The standard InChI is InChI=1S/C49H58N8O7/c1-27(2)41(54-48(60)62-6)46(58)56-29(4)17-21-38(56)44-50-25-37(52-44)32-19-20-34-33(24-32)26-64-40-23-28(3)42-36(16-12-11-15-35(34)40)51-45(53-42)39-22-18-30(5)57(39)47(59)43(55-49(61)63-7)31-13-9-8-10-14-31/h8-10,12-16,19-20,23-25,27-30,38-39,41,43H,11,17-18,21-22,26H2,1-7H3,(H,50,52)(H,51,53)(H,54,60)(H,55,61)/b16-12-,35-15-,40-23+/t28?,29-,30-,38?,39?,41-,43+/m0/s1. The summed E-state index contributed by atoms with van der Waals surface area (Å²) in [5.41, 5.74) is 7.36. The number of amides is 4. The van der Waals surface area contributed by atoms with Gasteiger partial charge >= 0.3 is 12.2 Å². The molecule has 0 bridgehead atoms. The van der Waals surface area contributed by atoms with Gasteiger partial charge in [-0.15, -0.1) is 0 Å². The zero-order valence-corrected chi connectivity index (χ0v) is 37.5. The van der Waals surface area contributed by atoms with Crippen LogP contribution >= 0.6 is 0 Å². The van der Waals surface area contributed by atoms with Crippen LogP contribution in [0.15, 0.2) is 78.7 Å². The number of aromatic nitrogens is 4. The fraction of sp³-hybridized carbons (Fsp3) is 0.429. The lowest BCUT2D eigenvalue weighted by Crippen LogP contribution is -2.52. The Morgan fingerprint density at radius 1 is 0.844 bits per heavy atom. The normalized spacial score (nSPS) is 24.7. The van der Waals surface area contributed by atoms with Crippen molar-refractivity contribution in [2.45, 2.75) is 115 Å². The number of hydrogen-bond acceptors (Lipinski definition) is 9. The van der Waals surface area contributed by atoms with Crippen LogP contribution in [0.2, 0.25) is 0 Å². The number of H-pyrrole nitrogens is 2. The van der Waals surface area contributed by atoms with E-state index in [1.54, 1.807) is 0 Å². The molecular formula is C49H58N8O7. The van der Waals surface area contributed by atoms with Crippen molar-refractivity contribution in [1.82, 2.24) is 40.4 Å². The number of carbonyl (C=O) groups is 4. The second kappa shape index (κ2) is 18.6. The molecule has 0 spiro atoms. The number of hydrogen-bond donors (Lipinski definition) is 4. The predicted molar refractivity (Wildman–Crippen MR) is 241 cm³/mol. The van der Waals surface area contributed by atoms with Crippen molar-refractivity contribution in [3.63, 3.8) is 0 Å². The van der Waals surface area contributed by atoms with E-state index >= 15 is 0 Å². The van der Waals surface area contributed by atoms with Crippen LogP contribution in [0.25, 0.3) is 22.9 Å². The highest BCUT2D eigenvalue weighted by atomic mass is 16.5. The fourth-order valence-electron chi connectivity index (χ4n) is 9.60. The van der Waals surface area contributed by atoms with Gasteiger partial charge in [-0.2, -0.15) is 0 Å². The molecular weight excluding hydrogens is 813 g/mol. The molecule has 15 heteroatoms. The molecule has 1 aliphatic carbocycles. The minimum atomic E-state index is -0.918. The Labute approximate surface area is 373 Å². The summed E-state index contributed by atoms with van der Waals surface area (Å²) in [4.78, 5) is 73.6. The van der Waals surface area contributed by atoms with Crippen molar-refractivity contribution in [1.29, 1.82) is 0 Å². The number of allylic oxidation sites excluding steroid dienone is 4. The quantitative estimate of drug-likeness (QED) is 0.128. The van der Waals surface area contributed by atoms with Crippen molar-refractivity contribution in [3.8, 4) is 11.3 Å². The zero-order valence-electron chi connectivity index (χ0n) is 37.5. The number of alkyl carbamates (subject to hydrolysis) is 2. The van der Waals surface area contributed by atoms with Gasteiger partial charge in [0.25, 0.3) is 5.91 Å². The van der Waals surface area contributed by atoms with Gasteiger partial charge < -0.3 is 44.6 Å². The Hall–Kier alpha value is -6.64. The van der Waals surface area contributed by atoms with E-state index in [1.165, 1.54) is 14.2 Å². The maximum absolute atomic E-state index is 14.4. The third-order valence-electron chi connectivity index (χ3n) is 13.0. The Morgan fingerprint density at radius 3 is 2.23 bits per heavy atom. The largest absolute Gasteiger partial charge is 0.489 e. The lowest BCUT2D eigenvalue weighted by Gasteiger charge is -2.32. The van der Waals surface area contributed by atoms with Crippen LogP contribution in [-0.4, -0.2) is 86.1 Å². The number of likely N-dealkylation sites (tertiary alicyclic amines) is 2. The van der Waals surface area contributed by atoms with E-state index in [-0.39, 0.29) is 47.8 Å². The molecule has 3 aliphatic heterocycles. The highest BCUT2D eigenvalue weighted by molar-refractivity contribution is 5.88. The number of rotatable bonds is 9. The van der Waals surface area contributed by atoms with Crippen molar-refractivity contribution in [3.05, 3.63) is 118 Å². The number of carbonyl (C=O) groups excluding carboxylic acids is 4. The van der Waals surface area contributed by atoms with Crippen LogP contribution in [0.5, 0.6) is 0 Å². The topological polar surface area (TPSA) is 184 Å². The van der Waals surface area contributed by atoms with Crippen LogP contribution in [0.3, 0.4) is 0 Å². The number of imidazole rings is 2. The molecule has 4 aliphatic rings. The second-order valence-electron chi connectivity index (χ2n) is 17.6. The first-order chi connectivity index (χ1) is 30.9. The Bertz CT molecular complexity index is 2490. The number of methoxy groups -OCH3 is 2. The molecule has 2 aromatic carbocycles. The van der Waals surface area contributed by atoms with Crippen LogP contribution in [0.1, 0.15) is 130 Å².